The number of benzene rings is 2. The second-order valence-electron chi connectivity index (χ2n) is 5.82. The predicted molar refractivity (Wildman–Crippen MR) is 101 cm³/mol. The SMILES string of the molecule is COC1CCN(c2ccc(NS(=O)(=O)c3cc(Cl)ccc3Cl)cc2)C1. The van der Waals surface area contributed by atoms with Crippen LogP contribution in [-0.2, 0) is 14.8 Å². The van der Waals surface area contributed by atoms with Crippen LogP contribution in [0.2, 0.25) is 10.0 Å². The van der Waals surface area contributed by atoms with E-state index in [-0.39, 0.29) is 16.0 Å². The van der Waals surface area contributed by atoms with Crippen LogP contribution in [0, 0.1) is 0 Å². The van der Waals surface area contributed by atoms with Crippen LogP contribution in [0.4, 0.5) is 11.4 Å². The summed E-state index contributed by atoms with van der Waals surface area (Å²) in [5.41, 5.74) is 1.49. The van der Waals surface area contributed by atoms with Crippen molar-refractivity contribution in [3.63, 3.8) is 0 Å². The van der Waals surface area contributed by atoms with E-state index < -0.39 is 10.0 Å². The number of halogens is 2. The van der Waals surface area contributed by atoms with Gasteiger partial charge >= 0.3 is 0 Å². The summed E-state index contributed by atoms with van der Waals surface area (Å²) in [6.07, 6.45) is 1.22. The summed E-state index contributed by atoms with van der Waals surface area (Å²) in [7, 11) is -2.10. The third-order valence-electron chi connectivity index (χ3n) is 4.15. The molecule has 5 nitrogen and oxygen atoms in total. The molecule has 1 heterocycles. The molecule has 0 saturated carbocycles. The fourth-order valence-corrected chi connectivity index (χ4v) is 4.61. The number of ether oxygens (including phenoxy) is 1. The summed E-state index contributed by atoms with van der Waals surface area (Å²) in [6, 6.07) is 11.6. The molecule has 0 radical (unpaired) electrons. The number of hydrogen-bond acceptors (Lipinski definition) is 4. The standard InChI is InChI=1S/C17H18Cl2N2O3S/c1-24-15-8-9-21(11-15)14-5-3-13(4-6-14)20-25(22,23)17-10-12(18)2-7-16(17)19/h2-7,10,15,20H,8-9,11H2,1H3. The molecular weight excluding hydrogens is 383 g/mol. The molecule has 2 aromatic carbocycles. The molecule has 1 atom stereocenters. The molecule has 1 N–H and O–H groups in total. The maximum Gasteiger partial charge on any atom is 0.263 e. The molecule has 8 heteroatoms. The van der Waals surface area contributed by atoms with Crippen LogP contribution >= 0.6 is 23.2 Å². The highest BCUT2D eigenvalue weighted by Crippen LogP contribution is 2.28. The van der Waals surface area contributed by atoms with Crippen molar-refractivity contribution >= 4 is 44.6 Å². The lowest BCUT2D eigenvalue weighted by atomic mass is 10.2. The first-order valence-corrected chi connectivity index (χ1v) is 9.98. The Morgan fingerprint density at radius 3 is 2.52 bits per heavy atom. The van der Waals surface area contributed by atoms with E-state index in [0.717, 1.165) is 25.2 Å². The van der Waals surface area contributed by atoms with Gasteiger partial charge in [0.15, 0.2) is 0 Å². The fourth-order valence-electron chi connectivity index (χ4n) is 2.79. The Hall–Kier alpha value is -1.47. The molecule has 1 aliphatic rings. The van der Waals surface area contributed by atoms with E-state index >= 15 is 0 Å². The summed E-state index contributed by atoms with van der Waals surface area (Å²) in [5.74, 6) is 0. The van der Waals surface area contributed by atoms with Gasteiger partial charge in [-0.2, -0.15) is 0 Å². The van der Waals surface area contributed by atoms with Gasteiger partial charge in [0.2, 0.25) is 0 Å². The van der Waals surface area contributed by atoms with Gasteiger partial charge in [0, 0.05) is 36.6 Å². The van der Waals surface area contributed by atoms with Gasteiger partial charge in [-0.15, -0.1) is 0 Å². The largest absolute Gasteiger partial charge is 0.380 e. The number of anilines is 2. The van der Waals surface area contributed by atoms with Crippen molar-refractivity contribution < 1.29 is 13.2 Å². The van der Waals surface area contributed by atoms with Crippen molar-refractivity contribution in [1.82, 2.24) is 0 Å². The van der Waals surface area contributed by atoms with Crippen LogP contribution in [0.15, 0.2) is 47.4 Å². The van der Waals surface area contributed by atoms with Gasteiger partial charge in [0.25, 0.3) is 10.0 Å². The maximum atomic E-state index is 12.5. The molecule has 134 valence electrons. The van der Waals surface area contributed by atoms with E-state index in [2.05, 4.69) is 9.62 Å². The Labute approximate surface area is 157 Å². The molecule has 0 spiro atoms. The van der Waals surface area contributed by atoms with E-state index in [9.17, 15) is 8.42 Å². The molecule has 25 heavy (non-hydrogen) atoms. The summed E-state index contributed by atoms with van der Waals surface area (Å²) in [4.78, 5) is 2.16. The maximum absolute atomic E-state index is 12.5. The van der Waals surface area contributed by atoms with Crippen molar-refractivity contribution in [1.29, 1.82) is 0 Å². The van der Waals surface area contributed by atoms with Crippen molar-refractivity contribution in [2.45, 2.75) is 17.4 Å². The molecule has 0 aromatic heterocycles. The number of hydrogen-bond donors (Lipinski definition) is 1. The minimum atomic E-state index is -3.81. The van der Waals surface area contributed by atoms with Gasteiger partial charge < -0.3 is 9.64 Å². The second-order valence-corrected chi connectivity index (χ2v) is 8.31. The van der Waals surface area contributed by atoms with Crippen LogP contribution in [0.25, 0.3) is 0 Å². The van der Waals surface area contributed by atoms with E-state index in [1.54, 1.807) is 25.3 Å². The molecule has 0 aliphatic carbocycles. The van der Waals surface area contributed by atoms with Crippen LogP contribution in [0.5, 0.6) is 0 Å². The number of rotatable bonds is 5. The summed E-state index contributed by atoms with van der Waals surface area (Å²) in [6.45, 7) is 1.75. The monoisotopic (exact) mass is 400 g/mol. The Morgan fingerprint density at radius 2 is 1.88 bits per heavy atom. The molecule has 2 aromatic rings. The van der Waals surface area contributed by atoms with Gasteiger partial charge in [-0.05, 0) is 48.9 Å². The fraction of sp³-hybridized carbons (Fsp3) is 0.294. The first-order chi connectivity index (χ1) is 11.9. The van der Waals surface area contributed by atoms with E-state index in [1.807, 2.05) is 12.1 Å². The zero-order chi connectivity index (χ0) is 18.0. The Kier molecular flexibility index (Phi) is 5.43. The predicted octanol–water partition coefficient (Wildman–Crippen LogP) is 4.02. The topological polar surface area (TPSA) is 58.6 Å². The number of nitrogens with one attached hydrogen (secondary N) is 1. The Morgan fingerprint density at radius 1 is 1.16 bits per heavy atom. The first kappa shape index (κ1) is 18.3. The molecule has 1 aliphatic heterocycles. The molecule has 0 amide bonds. The third-order valence-corrected chi connectivity index (χ3v) is 6.24. The quantitative estimate of drug-likeness (QED) is 0.822. The average Bonchev–Trinajstić information content (AvgIpc) is 3.06. The van der Waals surface area contributed by atoms with Crippen LogP contribution in [-0.4, -0.2) is 34.7 Å². The van der Waals surface area contributed by atoms with E-state index in [4.69, 9.17) is 27.9 Å². The smallest absolute Gasteiger partial charge is 0.263 e. The normalized spacial score (nSPS) is 17.7. The molecule has 3 rings (SSSR count). The van der Waals surface area contributed by atoms with E-state index in [1.165, 1.54) is 12.1 Å². The second kappa shape index (κ2) is 7.41. The zero-order valence-electron chi connectivity index (χ0n) is 13.6. The summed E-state index contributed by atoms with van der Waals surface area (Å²) < 4.78 is 32.9. The van der Waals surface area contributed by atoms with Gasteiger partial charge in [-0.1, -0.05) is 23.2 Å². The van der Waals surface area contributed by atoms with Crippen LogP contribution in [0.3, 0.4) is 0 Å². The molecule has 0 bridgehead atoms. The average molecular weight is 401 g/mol. The minimum Gasteiger partial charge on any atom is -0.380 e. The van der Waals surface area contributed by atoms with Gasteiger partial charge in [-0.25, -0.2) is 8.42 Å². The molecular formula is C17H18Cl2N2O3S. The highest BCUT2D eigenvalue weighted by Gasteiger charge is 2.22. The minimum absolute atomic E-state index is 0.0479. The highest BCUT2D eigenvalue weighted by atomic mass is 35.5. The number of sulfonamides is 1. The lowest BCUT2D eigenvalue weighted by Crippen LogP contribution is -2.22. The van der Waals surface area contributed by atoms with Gasteiger partial charge in [0.1, 0.15) is 4.90 Å². The number of nitrogens with zero attached hydrogens (tertiary/aromatic N) is 1. The lowest BCUT2D eigenvalue weighted by molar-refractivity contribution is 0.121. The summed E-state index contributed by atoms with van der Waals surface area (Å²) >= 11 is 11.9. The number of methoxy groups -OCH3 is 1. The van der Waals surface area contributed by atoms with Crippen molar-refractivity contribution in [3.05, 3.63) is 52.5 Å². The highest BCUT2D eigenvalue weighted by molar-refractivity contribution is 7.92. The molecule has 1 fully saturated rings. The van der Waals surface area contributed by atoms with Gasteiger partial charge in [-0.3, -0.25) is 4.72 Å². The van der Waals surface area contributed by atoms with Gasteiger partial charge in [0.05, 0.1) is 11.1 Å². The zero-order valence-corrected chi connectivity index (χ0v) is 15.9. The molecule has 1 unspecified atom stereocenters. The Bertz CT molecular complexity index is 857. The third kappa shape index (κ3) is 4.20. The Balaban J connectivity index is 1.76. The van der Waals surface area contributed by atoms with Crippen LogP contribution in [0.1, 0.15) is 6.42 Å². The van der Waals surface area contributed by atoms with Crippen molar-refractivity contribution in [2.75, 3.05) is 29.8 Å². The lowest BCUT2D eigenvalue weighted by Gasteiger charge is -2.19. The first-order valence-electron chi connectivity index (χ1n) is 7.75. The van der Waals surface area contributed by atoms with Crippen molar-refractivity contribution in [2.24, 2.45) is 0 Å². The van der Waals surface area contributed by atoms with Crippen molar-refractivity contribution in [3.8, 4) is 0 Å². The molecule has 1 saturated heterocycles. The summed E-state index contributed by atoms with van der Waals surface area (Å²) in [5, 5.41) is 0.429. The van der Waals surface area contributed by atoms with Crippen LogP contribution < -0.4 is 9.62 Å². The van der Waals surface area contributed by atoms with E-state index in [0.29, 0.717) is 10.7 Å².